The molecule has 0 amide bonds. The highest BCUT2D eigenvalue weighted by atomic mass is 28.3. The average Bonchev–Trinajstić information content (AvgIpc) is 2.54. The van der Waals surface area contributed by atoms with Crippen LogP contribution < -0.4 is 0 Å². The van der Waals surface area contributed by atoms with Crippen molar-refractivity contribution in [3.8, 4) is 0 Å². The van der Waals surface area contributed by atoms with E-state index in [-0.39, 0.29) is 6.61 Å². The second-order valence-electron chi connectivity index (χ2n) is 7.32. The Kier molecular flexibility index (Phi) is 7.00. The van der Waals surface area contributed by atoms with Crippen molar-refractivity contribution in [2.24, 2.45) is 0 Å². The number of rotatable bonds is 8. The molecular weight excluding hydrogens is 322 g/mol. The topological polar surface area (TPSA) is 62.2 Å². The van der Waals surface area contributed by atoms with Crippen molar-refractivity contribution in [3.05, 3.63) is 47.7 Å². The fraction of sp³-hybridized carbons (Fsp3) is 0.556. The molecule has 1 aliphatic rings. The summed E-state index contributed by atoms with van der Waals surface area (Å²) in [5.74, 6) is 0.692. The van der Waals surface area contributed by atoms with Gasteiger partial charge in [-0.25, -0.2) is 0 Å². The molecule has 6 heteroatoms. The molecule has 1 aromatic carbocycles. The van der Waals surface area contributed by atoms with Crippen molar-refractivity contribution in [1.29, 1.82) is 0 Å². The molecule has 2 rings (SSSR count). The molecule has 1 aromatic rings. The minimum Gasteiger partial charge on any atom is -0.497 e. The number of aliphatic hydroxyl groups is 2. The third kappa shape index (κ3) is 5.72. The van der Waals surface area contributed by atoms with Crippen molar-refractivity contribution in [1.82, 2.24) is 5.06 Å². The summed E-state index contributed by atoms with van der Waals surface area (Å²) in [6, 6.07) is 10.5. The van der Waals surface area contributed by atoms with E-state index in [0.29, 0.717) is 25.5 Å². The molecular formula is C18H29NO4Si. The molecule has 2 N–H and O–H groups in total. The van der Waals surface area contributed by atoms with Crippen LogP contribution in [0.25, 0.3) is 0 Å². The van der Waals surface area contributed by atoms with Gasteiger partial charge >= 0.3 is 0 Å². The van der Waals surface area contributed by atoms with Crippen molar-refractivity contribution in [2.45, 2.75) is 44.4 Å². The van der Waals surface area contributed by atoms with Gasteiger partial charge in [0, 0.05) is 8.07 Å². The molecule has 134 valence electrons. The zero-order chi connectivity index (χ0) is 17.6. The summed E-state index contributed by atoms with van der Waals surface area (Å²) in [5, 5.41) is 21.4. The van der Waals surface area contributed by atoms with Crippen LogP contribution in [0, 0.1) is 0 Å². The largest absolute Gasteiger partial charge is 0.497 e. The number of aliphatic hydroxyl groups excluding tert-OH is 2. The van der Waals surface area contributed by atoms with Gasteiger partial charge in [0.15, 0.2) is 0 Å². The Morgan fingerprint density at radius 1 is 1.29 bits per heavy atom. The van der Waals surface area contributed by atoms with Crippen LogP contribution in [0.3, 0.4) is 0 Å². The van der Waals surface area contributed by atoms with Crippen LogP contribution in [0.15, 0.2) is 42.2 Å². The highest BCUT2D eigenvalue weighted by Gasteiger charge is 2.34. The molecule has 0 fully saturated rings. The average molecular weight is 352 g/mol. The summed E-state index contributed by atoms with van der Waals surface area (Å²) in [5.41, 5.74) is 1.08. The predicted molar refractivity (Wildman–Crippen MR) is 97.0 cm³/mol. The number of hydroxylamine groups is 2. The number of nitrogens with zero attached hydrogens (tertiary/aromatic N) is 1. The van der Waals surface area contributed by atoms with E-state index in [1.165, 1.54) is 0 Å². The monoisotopic (exact) mass is 351 g/mol. The first-order valence-corrected chi connectivity index (χ1v) is 12.2. The molecule has 24 heavy (non-hydrogen) atoms. The molecule has 2 unspecified atom stereocenters. The molecule has 0 radical (unpaired) electrons. The van der Waals surface area contributed by atoms with Crippen LogP contribution in [0.5, 0.6) is 0 Å². The molecule has 0 aliphatic carbocycles. The van der Waals surface area contributed by atoms with E-state index in [2.05, 4.69) is 19.6 Å². The van der Waals surface area contributed by atoms with E-state index in [1.54, 1.807) is 5.06 Å². The quantitative estimate of drug-likeness (QED) is 0.704. The fourth-order valence-electron chi connectivity index (χ4n) is 2.57. The highest BCUT2D eigenvalue weighted by molar-refractivity contribution is 6.76. The Balaban J connectivity index is 2.07. The van der Waals surface area contributed by atoms with E-state index >= 15 is 0 Å². The van der Waals surface area contributed by atoms with E-state index in [4.69, 9.17) is 9.57 Å². The Bertz CT molecular complexity index is 530. The number of ether oxygens (including phenoxy) is 1. The van der Waals surface area contributed by atoms with Crippen LogP contribution in [0.1, 0.15) is 5.56 Å². The zero-order valence-electron chi connectivity index (χ0n) is 14.8. The maximum Gasteiger partial charge on any atom is 0.121 e. The van der Waals surface area contributed by atoms with Gasteiger partial charge in [-0.2, -0.15) is 5.06 Å². The third-order valence-corrected chi connectivity index (χ3v) is 5.68. The van der Waals surface area contributed by atoms with Crippen molar-refractivity contribution in [3.63, 3.8) is 0 Å². The molecule has 0 saturated heterocycles. The summed E-state index contributed by atoms with van der Waals surface area (Å²) in [7, 11) is -1.19. The number of hydrogen-bond acceptors (Lipinski definition) is 5. The van der Waals surface area contributed by atoms with Gasteiger partial charge in [-0.05, 0) is 17.7 Å². The Morgan fingerprint density at radius 2 is 2.00 bits per heavy atom. The lowest BCUT2D eigenvalue weighted by Gasteiger charge is -2.37. The first kappa shape index (κ1) is 19.1. The lowest BCUT2D eigenvalue weighted by molar-refractivity contribution is -0.216. The Hall–Kier alpha value is -1.18. The van der Waals surface area contributed by atoms with Crippen molar-refractivity contribution in [2.75, 3.05) is 19.8 Å². The molecule has 1 heterocycles. The van der Waals surface area contributed by atoms with Gasteiger partial charge in [0.2, 0.25) is 0 Å². The van der Waals surface area contributed by atoms with E-state index < -0.39 is 20.2 Å². The van der Waals surface area contributed by atoms with Gasteiger partial charge < -0.3 is 14.9 Å². The summed E-state index contributed by atoms with van der Waals surface area (Å²) in [6.07, 6.45) is 0.905. The lowest BCUT2D eigenvalue weighted by Crippen LogP contribution is -2.49. The smallest absolute Gasteiger partial charge is 0.121 e. The van der Waals surface area contributed by atoms with E-state index in [9.17, 15) is 10.2 Å². The molecule has 0 aromatic heterocycles. The van der Waals surface area contributed by atoms with Gasteiger partial charge in [-0.1, -0.05) is 50.0 Å². The zero-order valence-corrected chi connectivity index (χ0v) is 15.8. The standard InChI is InChI=1S/C18H29NO4Si/c1-24(2,3)12-11-22-17-9-10-23-19(18(17)16(21)14-20)13-15-7-5-4-6-8-15/h4-9,16,18,20-21H,10-14H2,1-3H3. The first-order valence-electron chi connectivity index (χ1n) is 8.46. The maximum atomic E-state index is 10.3. The second-order valence-corrected chi connectivity index (χ2v) is 12.9. The van der Waals surface area contributed by atoms with E-state index in [1.807, 2.05) is 36.4 Å². The van der Waals surface area contributed by atoms with Crippen LogP contribution in [0.4, 0.5) is 0 Å². The van der Waals surface area contributed by atoms with Crippen LogP contribution in [-0.4, -0.2) is 55.3 Å². The molecule has 0 spiro atoms. The Morgan fingerprint density at radius 3 is 2.62 bits per heavy atom. The third-order valence-electron chi connectivity index (χ3n) is 3.98. The van der Waals surface area contributed by atoms with Gasteiger partial charge in [-0.3, -0.25) is 4.84 Å². The van der Waals surface area contributed by atoms with Crippen molar-refractivity contribution < 1.29 is 19.8 Å². The summed E-state index contributed by atoms with van der Waals surface area (Å²) < 4.78 is 5.97. The van der Waals surface area contributed by atoms with Crippen LogP contribution in [0.2, 0.25) is 25.7 Å². The minimum absolute atomic E-state index is 0.339. The van der Waals surface area contributed by atoms with Gasteiger partial charge in [-0.15, -0.1) is 0 Å². The molecule has 0 bridgehead atoms. The molecule has 5 nitrogen and oxygen atoms in total. The minimum atomic E-state index is -1.19. The van der Waals surface area contributed by atoms with Gasteiger partial charge in [0.25, 0.3) is 0 Å². The second kappa shape index (κ2) is 8.78. The summed E-state index contributed by atoms with van der Waals surface area (Å²) in [6.45, 7) is 8.13. The van der Waals surface area contributed by atoms with Crippen LogP contribution >= 0.6 is 0 Å². The fourth-order valence-corrected chi connectivity index (χ4v) is 3.28. The van der Waals surface area contributed by atoms with Crippen LogP contribution in [-0.2, 0) is 16.1 Å². The molecule has 2 atom stereocenters. The maximum absolute atomic E-state index is 10.3. The first-order chi connectivity index (χ1) is 11.4. The normalized spacial score (nSPS) is 20.5. The van der Waals surface area contributed by atoms with Gasteiger partial charge in [0.1, 0.15) is 17.9 Å². The summed E-state index contributed by atoms with van der Waals surface area (Å²) >= 11 is 0. The lowest BCUT2D eigenvalue weighted by atomic mass is 10.1. The van der Waals surface area contributed by atoms with Crippen molar-refractivity contribution >= 4 is 8.07 Å². The van der Waals surface area contributed by atoms with Gasteiger partial charge in [0.05, 0.1) is 26.4 Å². The number of hydrogen-bond donors (Lipinski definition) is 2. The number of benzene rings is 1. The Labute approximate surface area is 145 Å². The SMILES string of the molecule is C[Si](C)(C)CCOC1=CCON(Cc2ccccc2)C1C(O)CO. The molecule has 1 aliphatic heterocycles. The predicted octanol–water partition coefficient (Wildman–Crippen LogP) is 2.39. The van der Waals surface area contributed by atoms with E-state index in [0.717, 1.165) is 11.6 Å². The highest BCUT2D eigenvalue weighted by Crippen LogP contribution is 2.24. The summed E-state index contributed by atoms with van der Waals surface area (Å²) in [4.78, 5) is 5.71. The molecule has 0 saturated carbocycles.